The molecule has 0 aliphatic rings. The Morgan fingerprint density at radius 3 is 2.14 bits per heavy atom. The summed E-state index contributed by atoms with van der Waals surface area (Å²) in [6, 6.07) is 0. The molecule has 34 valence electrons. The van der Waals surface area contributed by atoms with Crippen LogP contribution in [0, 0.1) is 6.92 Å². The van der Waals surface area contributed by atoms with E-state index in [2.05, 4.69) is 13.5 Å². The maximum atomic E-state index is 3.52. The summed E-state index contributed by atoms with van der Waals surface area (Å²) in [5, 5.41) is 0. The molecular weight excluding hydrogens is 79.0 g/mol. The molecule has 0 rings (SSSR count). The van der Waals surface area contributed by atoms with Crippen molar-refractivity contribution in [3.05, 3.63) is 31.2 Å². The van der Waals surface area contributed by atoms with Crippen molar-refractivity contribution in [2.24, 2.45) is 0 Å². The van der Waals surface area contributed by atoms with E-state index < -0.39 is 0 Å². The predicted molar refractivity (Wildman–Crippen MR) is 29.3 cm³/mol. The van der Waals surface area contributed by atoms with Crippen molar-refractivity contribution in [2.75, 3.05) is 0 Å². The normalized spacial score (nSPS) is 9.57. The van der Waals surface area contributed by atoms with Gasteiger partial charge < -0.3 is 0 Å². The van der Waals surface area contributed by atoms with Crippen LogP contribution < -0.4 is 18.9 Å². The second-order valence-corrected chi connectivity index (χ2v) is 1.15. The summed E-state index contributed by atoms with van der Waals surface area (Å²) in [5.74, 6) is 0. The summed E-state index contributed by atoms with van der Waals surface area (Å²) in [4.78, 5) is 0. The molecular formula is C6H9Li. The molecule has 0 spiro atoms. The molecule has 0 aromatic rings. The number of hydrogen-bond acceptors (Lipinski definition) is 0. The number of allylic oxidation sites excluding steroid dienone is 3. The minimum absolute atomic E-state index is 0. The SMILES string of the molecule is C=C/C(C)=C/[CH2-].[Li+]. The Bertz CT molecular complexity index is 72.2. The van der Waals surface area contributed by atoms with E-state index in [4.69, 9.17) is 0 Å². The maximum absolute atomic E-state index is 3.52. The van der Waals surface area contributed by atoms with Gasteiger partial charge in [0.15, 0.2) is 0 Å². The first-order valence-corrected chi connectivity index (χ1v) is 1.89. The smallest absolute Gasteiger partial charge is 0.244 e. The molecule has 0 fully saturated rings. The van der Waals surface area contributed by atoms with Crippen LogP contribution in [0.25, 0.3) is 0 Å². The fourth-order valence-electron chi connectivity index (χ4n) is 0.0833. The van der Waals surface area contributed by atoms with Crippen LogP contribution in [-0.2, 0) is 0 Å². The van der Waals surface area contributed by atoms with Crippen LogP contribution in [0.5, 0.6) is 0 Å². The van der Waals surface area contributed by atoms with Gasteiger partial charge in [-0.15, -0.1) is 19.6 Å². The standard InChI is InChI=1S/C6H9.Li/c1-4-6(3)5-2;/h4-5H,1-2H2,3H3;/q-1;+1/b6-4+;. The van der Waals surface area contributed by atoms with E-state index in [-0.39, 0.29) is 18.9 Å². The molecule has 0 amide bonds. The molecule has 0 bridgehead atoms. The molecule has 0 heterocycles. The summed E-state index contributed by atoms with van der Waals surface area (Å²) >= 11 is 0. The van der Waals surface area contributed by atoms with Gasteiger partial charge >= 0.3 is 18.9 Å². The molecule has 0 radical (unpaired) electrons. The predicted octanol–water partition coefficient (Wildman–Crippen LogP) is -1.04. The van der Waals surface area contributed by atoms with Gasteiger partial charge in [-0.3, -0.25) is 0 Å². The van der Waals surface area contributed by atoms with Gasteiger partial charge in [-0.05, 0) is 0 Å². The van der Waals surface area contributed by atoms with Crippen LogP contribution >= 0.6 is 0 Å². The van der Waals surface area contributed by atoms with Crippen LogP contribution in [0.15, 0.2) is 24.3 Å². The average Bonchev–Trinajstić information content (AvgIpc) is 1.65. The molecule has 0 saturated carbocycles. The molecule has 0 aliphatic heterocycles. The van der Waals surface area contributed by atoms with E-state index in [0.717, 1.165) is 5.57 Å². The van der Waals surface area contributed by atoms with E-state index >= 15 is 0 Å². The fraction of sp³-hybridized carbons (Fsp3) is 0.167. The Morgan fingerprint density at radius 2 is 2.14 bits per heavy atom. The van der Waals surface area contributed by atoms with Crippen LogP contribution in [0.2, 0.25) is 0 Å². The summed E-state index contributed by atoms with van der Waals surface area (Å²) in [6.07, 6.45) is 3.54. The number of rotatable bonds is 1. The van der Waals surface area contributed by atoms with E-state index in [1.165, 1.54) is 0 Å². The minimum atomic E-state index is 0. The van der Waals surface area contributed by atoms with Crippen LogP contribution in [0.3, 0.4) is 0 Å². The summed E-state index contributed by atoms with van der Waals surface area (Å²) in [7, 11) is 0. The second-order valence-electron chi connectivity index (χ2n) is 1.15. The summed E-state index contributed by atoms with van der Waals surface area (Å²) < 4.78 is 0. The summed E-state index contributed by atoms with van der Waals surface area (Å²) in [6.45, 7) is 9.00. The largest absolute Gasteiger partial charge is 1.00 e. The van der Waals surface area contributed by atoms with Gasteiger partial charge in [0.05, 0.1) is 0 Å². The fourth-order valence-corrected chi connectivity index (χ4v) is 0.0833. The van der Waals surface area contributed by atoms with Crippen LogP contribution in [0.4, 0.5) is 0 Å². The Balaban J connectivity index is 0. The molecule has 7 heavy (non-hydrogen) atoms. The molecule has 0 saturated heterocycles. The summed E-state index contributed by atoms with van der Waals surface area (Å²) in [5.41, 5.74) is 1.12. The van der Waals surface area contributed by atoms with Gasteiger partial charge in [0, 0.05) is 0 Å². The van der Waals surface area contributed by atoms with Crippen molar-refractivity contribution < 1.29 is 18.9 Å². The van der Waals surface area contributed by atoms with E-state index in [1.807, 2.05) is 6.92 Å². The second kappa shape index (κ2) is 5.95. The minimum Gasteiger partial charge on any atom is -0.244 e. The molecule has 0 unspecified atom stereocenters. The van der Waals surface area contributed by atoms with Crippen LogP contribution in [-0.4, -0.2) is 0 Å². The third-order valence-electron chi connectivity index (χ3n) is 0.644. The Hall–Kier alpha value is -0.0526. The van der Waals surface area contributed by atoms with Crippen molar-refractivity contribution in [3.8, 4) is 0 Å². The first-order chi connectivity index (χ1) is 2.81. The molecule has 0 aromatic heterocycles. The molecule has 0 atom stereocenters. The van der Waals surface area contributed by atoms with Crippen molar-refractivity contribution in [2.45, 2.75) is 6.92 Å². The van der Waals surface area contributed by atoms with Gasteiger partial charge in [-0.1, -0.05) is 0 Å². The molecule has 0 N–H and O–H groups in total. The average molecular weight is 88.1 g/mol. The topological polar surface area (TPSA) is 0 Å². The molecule has 0 aliphatic carbocycles. The van der Waals surface area contributed by atoms with Crippen molar-refractivity contribution >= 4 is 0 Å². The Labute approximate surface area is 57.5 Å². The zero-order valence-electron chi connectivity index (χ0n) is 5.07. The number of hydrogen-bond donors (Lipinski definition) is 0. The van der Waals surface area contributed by atoms with E-state index in [1.54, 1.807) is 12.2 Å². The first-order valence-electron chi connectivity index (χ1n) is 1.89. The van der Waals surface area contributed by atoms with Crippen molar-refractivity contribution in [3.63, 3.8) is 0 Å². The van der Waals surface area contributed by atoms with Gasteiger partial charge in [-0.25, -0.2) is 13.0 Å². The van der Waals surface area contributed by atoms with Crippen molar-refractivity contribution in [1.82, 2.24) is 0 Å². The van der Waals surface area contributed by atoms with Crippen LogP contribution in [0.1, 0.15) is 6.92 Å². The molecule has 0 aromatic carbocycles. The monoisotopic (exact) mass is 88.1 g/mol. The zero-order valence-corrected chi connectivity index (χ0v) is 5.07. The quantitative estimate of drug-likeness (QED) is 0.218. The van der Waals surface area contributed by atoms with Gasteiger partial charge in [0.25, 0.3) is 0 Å². The van der Waals surface area contributed by atoms with E-state index in [0.29, 0.717) is 0 Å². The van der Waals surface area contributed by atoms with Gasteiger partial charge in [0.1, 0.15) is 0 Å². The van der Waals surface area contributed by atoms with Gasteiger partial charge in [-0.2, -0.15) is 5.57 Å². The first kappa shape index (κ1) is 10.0. The van der Waals surface area contributed by atoms with Crippen molar-refractivity contribution in [1.29, 1.82) is 0 Å². The Morgan fingerprint density at radius 1 is 1.71 bits per heavy atom. The Kier molecular flexibility index (Phi) is 8.53. The zero-order chi connectivity index (χ0) is 4.99. The third-order valence-corrected chi connectivity index (χ3v) is 0.644. The molecule has 1 heteroatoms. The maximum Gasteiger partial charge on any atom is 1.00 e. The third kappa shape index (κ3) is 5.95. The van der Waals surface area contributed by atoms with E-state index in [9.17, 15) is 0 Å². The molecule has 0 nitrogen and oxygen atoms in total. The van der Waals surface area contributed by atoms with Gasteiger partial charge in [0.2, 0.25) is 0 Å².